The molecule has 4 aromatic rings. The molecule has 0 bridgehead atoms. The minimum Gasteiger partial charge on any atom is -0.428 e. The average molecular weight is 421 g/mol. The Morgan fingerprint density at radius 1 is 0.935 bits per heavy atom. The minimum absolute atomic E-state index is 0.00822. The highest BCUT2D eigenvalue weighted by molar-refractivity contribution is 5.97. The van der Waals surface area contributed by atoms with E-state index in [0.717, 1.165) is 18.2 Å². The van der Waals surface area contributed by atoms with E-state index in [0.29, 0.717) is 17.6 Å². The third-order valence-electron chi connectivity index (χ3n) is 4.79. The molecule has 154 valence electrons. The molecule has 0 unspecified atom stereocenters. The summed E-state index contributed by atoms with van der Waals surface area (Å²) in [6, 6.07) is 12.8. The van der Waals surface area contributed by atoms with Crippen molar-refractivity contribution in [2.75, 3.05) is 0 Å². The molecule has 2 aromatic carbocycles. The number of rotatable bonds is 4. The van der Waals surface area contributed by atoms with Gasteiger partial charge in [0.25, 0.3) is 0 Å². The summed E-state index contributed by atoms with van der Waals surface area (Å²) in [4.78, 5) is 12.7. The smallest absolute Gasteiger partial charge is 0.220 e. The van der Waals surface area contributed by atoms with Crippen LogP contribution in [0.2, 0.25) is 0 Å². The van der Waals surface area contributed by atoms with Crippen molar-refractivity contribution in [1.29, 1.82) is 10.8 Å². The first-order chi connectivity index (χ1) is 14.9. The van der Waals surface area contributed by atoms with Crippen molar-refractivity contribution in [1.82, 2.24) is 4.40 Å². The van der Waals surface area contributed by atoms with Gasteiger partial charge in [-0.1, -0.05) is 6.07 Å². The van der Waals surface area contributed by atoms with Gasteiger partial charge in [-0.15, -0.1) is 0 Å². The summed E-state index contributed by atoms with van der Waals surface area (Å²) in [6.07, 6.45) is 2.00. The molecule has 0 aliphatic rings. The van der Waals surface area contributed by atoms with E-state index in [2.05, 4.69) is 0 Å². The van der Waals surface area contributed by atoms with E-state index in [9.17, 15) is 18.0 Å². The second kappa shape index (κ2) is 7.91. The van der Waals surface area contributed by atoms with E-state index < -0.39 is 22.9 Å². The van der Waals surface area contributed by atoms with E-state index in [1.807, 2.05) is 0 Å². The van der Waals surface area contributed by atoms with E-state index in [1.54, 1.807) is 18.2 Å². The van der Waals surface area contributed by atoms with Gasteiger partial charge < -0.3 is 9.14 Å². The highest BCUT2D eigenvalue weighted by Crippen LogP contribution is 2.30. The van der Waals surface area contributed by atoms with Gasteiger partial charge in [-0.05, 0) is 42.5 Å². The van der Waals surface area contributed by atoms with Crippen LogP contribution >= 0.6 is 0 Å². The lowest BCUT2D eigenvalue weighted by atomic mass is 10.00. The predicted molar refractivity (Wildman–Crippen MR) is 111 cm³/mol. The van der Waals surface area contributed by atoms with Crippen molar-refractivity contribution in [3.63, 3.8) is 0 Å². The summed E-state index contributed by atoms with van der Waals surface area (Å²) in [6.45, 7) is 0. The Kier molecular flexibility index (Phi) is 5.12. The van der Waals surface area contributed by atoms with Crippen molar-refractivity contribution in [3.8, 4) is 22.4 Å². The van der Waals surface area contributed by atoms with Gasteiger partial charge in [0, 0.05) is 35.0 Å². The number of hydrogen-bond donors (Lipinski definition) is 2. The first kappa shape index (κ1) is 20.1. The van der Waals surface area contributed by atoms with E-state index in [1.165, 1.54) is 34.9 Å². The largest absolute Gasteiger partial charge is 0.428 e. The van der Waals surface area contributed by atoms with Gasteiger partial charge in [0.2, 0.25) is 5.90 Å². The molecular formula is C23H14F3N3O2. The standard InChI is InChI=1S/C23H14F3N3O2/c24-14-5-6-15(18(26)11-14)19-2-1-3-20-22(21(30)8-9-29(19)20)16-10-13(4-7-17(16)25)23(28)31-12-27/h1-12,27-28H. The van der Waals surface area contributed by atoms with E-state index >= 15 is 0 Å². The first-order valence-corrected chi connectivity index (χ1v) is 9.05. The summed E-state index contributed by atoms with van der Waals surface area (Å²) >= 11 is 0. The molecule has 0 saturated carbocycles. The SMILES string of the molecule is N=COC(=N)c1ccc(F)c(-c2c(=O)ccn3c(-c4ccc(F)cc4F)cccc23)c1. The topological polar surface area (TPSA) is 78.4 Å². The van der Waals surface area contributed by atoms with Gasteiger partial charge in [-0.3, -0.25) is 15.6 Å². The molecule has 8 heteroatoms. The zero-order valence-corrected chi connectivity index (χ0v) is 15.8. The van der Waals surface area contributed by atoms with Crippen LogP contribution in [0, 0.1) is 28.3 Å². The maximum atomic E-state index is 14.7. The third-order valence-corrected chi connectivity index (χ3v) is 4.79. The monoisotopic (exact) mass is 421 g/mol. The highest BCUT2D eigenvalue weighted by atomic mass is 19.1. The molecule has 0 radical (unpaired) electrons. The van der Waals surface area contributed by atoms with Crippen molar-refractivity contribution >= 4 is 17.8 Å². The second-order valence-electron chi connectivity index (χ2n) is 6.60. The van der Waals surface area contributed by atoms with Crippen LogP contribution in [0.1, 0.15) is 5.56 Å². The molecule has 0 saturated heterocycles. The summed E-state index contributed by atoms with van der Waals surface area (Å²) in [7, 11) is 0. The number of fused-ring (bicyclic) bond motifs is 1. The molecule has 2 aromatic heterocycles. The fraction of sp³-hybridized carbons (Fsp3) is 0. The highest BCUT2D eigenvalue weighted by Gasteiger charge is 2.17. The van der Waals surface area contributed by atoms with Crippen LogP contribution < -0.4 is 5.43 Å². The molecule has 0 aliphatic heterocycles. The average Bonchev–Trinajstić information content (AvgIpc) is 2.74. The summed E-state index contributed by atoms with van der Waals surface area (Å²) in [5.41, 5.74) is 0.368. The fourth-order valence-electron chi connectivity index (χ4n) is 3.41. The molecule has 31 heavy (non-hydrogen) atoms. The quantitative estimate of drug-likeness (QED) is 0.359. The number of benzene rings is 2. The molecule has 0 fully saturated rings. The molecule has 0 aliphatic carbocycles. The minimum atomic E-state index is -0.779. The normalized spacial score (nSPS) is 10.8. The van der Waals surface area contributed by atoms with Crippen LogP contribution in [0.4, 0.5) is 13.2 Å². The van der Waals surface area contributed by atoms with E-state index in [-0.39, 0.29) is 28.2 Å². The Hall–Kier alpha value is -4.20. The van der Waals surface area contributed by atoms with Crippen LogP contribution in [0.25, 0.3) is 27.9 Å². The number of ether oxygens (including phenoxy) is 1. The molecule has 0 amide bonds. The van der Waals surface area contributed by atoms with Crippen LogP contribution in [0.5, 0.6) is 0 Å². The molecule has 5 nitrogen and oxygen atoms in total. The van der Waals surface area contributed by atoms with Gasteiger partial charge >= 0.3 is 0 Å². The summed E-state index contributed by atoms with van der Waals surface area (Å²) in [5, 5.41) is 14.8. The summed E-state index contributed by atoms with van der Waals surface area (Å²) in [5.74, 6) is -2.58. The third kappa shape index (κ3) is 3.59. The van der Waals surface area contributed by atoms with Gasteiger partial charge in [0.15, 0.2) is 11.8 Å². The lowest BCUT2D eigenvalue weighted by Gasteiger charge is -2.14. The van der Waals surface area contributed by atoms with Gasteiger partial charge in [0.05, 0.1) is 16.8 Å². The molecule has 4 rings (SSSR count). The van der Waals surface area contributed by atoms with Crippen LogP contribution in [-0.2, 0) is 4.74 Å². The number of pyridine rings is 2. The zero-order chi connectivity index (χ0) is 22.1. The number of hydrogen-bond acceptors (Lipinski definition) is 4. The van der Waals surface area contributed by atoms with Gasteiger partial charge in [-0.2, -0.15) is 0 Å². The van der Waals surface area contributed by atoms with Crippen molar-refractivity contribution in [2.45, 2.75) is 0 Å². The molecule has 2 heterocycles. The Labute approximate surface area is 174 Å². The number of aromatic nitrogens is 1. The van der Waals surface area contributed by atoms with Crippen LogP contribution in [-0.4, -0.2) is 16.7 Å². The Balaban J connectivity index is 2.00. The number of nitrogens with one attached hydrogen (secondary N) is 2. The lowest BCUT2D eigenvalue weighted by molar-refractivity contribution is 0.560. The van der Waals surface area contributed by atoms with Crippen LogP contribution in [0.3, 0.4) is 0 Å². The molecule has 0 atom stereocenters. The Bertz CT molecular complexity index is 1410. The number of nitrogens with zero attached hydrogens (tertiary/aromatic N) is 1. The van der Waals surface area contributed by atoms with E-state index in [4.69, 9.17) is 15.6 Å². The lowest BCUT2D eigenvalue weighted by Crippen LogP contribution is -2.11. The maximum absolute atomic E-state index is 14.7. The van der Waals surface area contributed by atoms with Gasteiger partial charge in [0.1, 0.15) is 17.5 Å². The number of halogens is 3. The predicted octanol–water partition coefficient (Wildman–Crippen LogP) is 5.00. The fourth-order valence-corrected chi connectivity index (χ4v) is 3.41. The Morgan fingerprint density at radius 2 is 1.74 bits per heavy atom. The second-order valence-corrected chi connectivity index (χ2v) is 6.60. The Morgan fingerprint density at radius 3 is 2.48 bits per heavy atom. The zero-order valence-electron chi connectivity index (χ0n) is 15.8. The summed E-state index contributed by atoms with van der Waals surface area (Å²) < 4.78 is 48.7. The maximum Gasteiger partial charge on any atom is 0.220 e. The van der Waals surface area contributed by atoms with Gasteiger partial charge in [-0.25, -0.2) is 13.2 Å². The molecule has 0 spiro atoms. The molecule has 2 N–H and O–H groups in total. The van der Waals surface area contributed by atoms with Crippen LogP contribution in [0.15, 0.2) is 71.7 Å². The van der Waals surface area contributed by atoms with Crippen molar-refractivity contribution in [3.05, 3.63) is 100 Å². The van der Waals surface area contributed by atoms with Crippen molar-refractivity contribution < 1.29 is 17.9 Å². The van der Waals surface area contributed by atoms with Crippen molar-refractivity contribution in [2.24, 2.45) is 0 Å². The first-order valence-electron chi connectivity index (χ1n) is 9.05. The molecular weight excluding hydrogens is 407 g/mol.